The van der Waals surface area contributed by atoms with Crippen molar-refractivity contribution in [2.24, 2.45) is 5.10 Å². The first-order valence-electron chi connectivity index (χ1n) is 8.28. The molecule has 0 aliphatic heterocycles. The second-order valence-corrected chi connectivity index (χ2v) is 8.09. The van der Waals surface area contributed by atoms with Gasteiger partial charge in [0.05, 0.1) is 5.71 Å². The maximum atomic E-state index is 12.5. The first-order chi connectivity index (χ1) is 14.3. The summed E-state index contributed by atoms with van der Waals surface area (Å²) in [5.74, 6) is -2.46. The maximum Gasteiger partial charge on any atom is 0.534 e. The summed E-state index contributed by atoms with van der Waals surface area (Å²) in [4.78, 5) is 24.6. The number of amides is 2. The summed E-state index contributed by atoms with van der Waals surface area (Å²) in [6.45, 7) is 0. The second kappa shape index (κ2) is 9.35. The monoisotopic (exact) mass is 477 g/mol. The third-order valence-corrected chi connectivity index (χ3v) is 4.84. The number of carbonyl (C=O) groups excluding carboxylic acids is 2. The molecule has 0 bridgehead atoms. The van der Waals surface area contributed by atoms with E-state index in [9.17, 15) is 31.2 Å². The fraction of sp³-hybridized carbons (Fsp3) is 0.167. The van der Waals surface area contributed by atoms with Crippen LogP contribution in [0.5, 0.6) is 5.75 Å². The van der Waals surface area contributed by atoms with Gasteiger partial charge < -0.3 is 9.08 Å². The third kappa shape index (κ3) is 6.18. The molecule has 0 atom stereocenters. The summed E-state index contributed by atoms with van der Waals surface area (Å²) in [6, 6.07) is 10.6. The molecule has 8 nitrogen and oxygen atoms in total. The van der Waals surface area contributed by atoms with E-state index in [1.807, 2.05) is 0 Å². The van der Waals surface area contributed by atoms with E-state index < -0.39 is 33.2 Å². The molecule has 0 aliphatic rings. The number of rotatable bonds is 5. The van der Waals surface area contributed by atoms with Crippen LogP contribution in [-0.4, -0.2) is 50.4 Å². The minimum atomic E-state index is -5.82. The Kier molecular flexibility index (Phi) is 7.28. The highest BCUT2D eigenvalue weighted by atomic mass is 35.5. The minimum Gasteiger partial charge on any atom is -0.376 e. The number of hydrogen-bond acceptors (Lipinski definition) is 6. The summed E-state index contributed by atoms with van der Waals surface area (Å²) in [6.07, 6.45) is 0. The van der Waals surface area contributed by atoms with Crippen molar-refractivity contribution in [3.63, 3.8) is 0 Å². The number of benzene rings is 2. The molecule has 1 N–H and O–H groups in total. The van der Waals surface area contributed by atoms with Crippen molar-refractivity contribution in [1.29, 1.82) is 0 Å². The number of hydrazone groups is 1. The molecule has 13 heteroatoms. The quantitative estimate of drug-likeness (QED) is 0.234. The average molecular weight is 478 g/mol. The lowest BCUT2D eigenvalue weighted by molar-refractivity contribution is -0.144. The normalized spacial score (nSPS) is 12.3. The van der Waals surface area contributed by atoms with Crippen LogP contribution in [0.15, 0.2) is 53.6 Å². The number of hydrogen-bond donors (Lipinski definition) is 1. The molecule has 0 unspecified atom stereocenters. The van der Waals surface area contributed by atoms with Crippen molar-refractivity contribution in [1.82, 2.24) is 10.3 Å². The maximum absolute atomic E-state index is 12.5. The van der Waals surface area contributed by atoms with Gasteiger partial charge in [-0.05, 0) is 36.4 Å². The average Bonchev–Trinajstić information content (AvgIpc) is 2.68. The van der Waals surface area contributed by atoms with Crippen molar-refractivity contribution in [2.75, 3.05) is 14.1 Å². The Bertz CT molecular complexity index is 1100. The second-order valence-electron chi connectivity index (χ2n) is 6.12. The van der Waals surface area contributed by atoms with E-state index in [4.69, 9.17) is 11.6 Å². The van der Waals surface area contributed by atoms with Gasteiger partial charge in [-0.1, -0.05) is 23.7 Å². The highest BCUT2D eigenvalue weighted by Crippen LogP contribution is 2.27. The first kappa shape index (κ1) is 24.2. The van der Waals surface area contributed by atoms with Gasteiger partial charge in [0.2, 0.25) is 0 Å². The summed E-state index contributed by atoms with van der Waals surface area (Å²) >= 11 is 5.86. The molecule has 0 aliphatic carbocycles. The Morgan fingerprint density at radius 1 is 1.00 bits per heavy atom. The molecule has 0 spiro atoms. The molecule has 2 aromatic rings. The summed E-state index contributed by atoms with van der Waals surface area (Å²) in [5.41, 5.74) is -2.64. The lowest BCUT2D eigenvalue weighted by Gasteiger charge is -2.12. The van der Waals surface area contributed by atoms with Gasteiger partial charge in [0, 0.05) is 30.2 Å². The standard InChI is InChI=1S/C18H15ClF3N3O5S/c1-25(2)17(27)16(26)24-23-15(11-3-7-13(19)8-4-11)12-5-9-14(10-6-12)30-31(28,29)18(20,21)22/h3-10H,1-2H3,(H,24,26). The van der Waals surface area contributed by atoms with E-state index in [0.29, 0.717) is 10.6 Å². The zero-order valence-corrected chi connectivity index (χ0v) is 17.5. The number of carbonyl (C=O) groups is 2. The van der Waals surface area contributed by atoms with Gasteiger partial charge in [-0.15, -0.1) is 0 Å². The van der Waals surface area contributed by atoms with E-state index in [0.717, 1.165) is 17.0 Å². The lowest BCUT2D eigenvalue weighted by atomic mass is 10.0. The fourth-order valence-corrected chi connectivity index (χ4v) is 2.69. The van der Waals surface area contributed by atoms with Crippen LogP contribution in [0.2, 0.25) is 5.02 Å². The van der Waals surface area contributed by atoms with Crippen molar-refractivity contribution < 1.29 is 35.4 Å². The summed E-state index contributed by atoms with van der Waals surface area (Å²) < 4.78 is 63.7. The van der Waals surface area contributed by atoms with Gasteiger partial charge in [0.15, 0.2) is 0 Å². The predicted octanol–water partition coefficient (Wildman–Crippen LogP) is 2.53. The van der Waals surface area contributed by atoms with Crippen LogP contribution >= 0.6 is 11.6 Å². The molecule has 0 saturated heterocycles. The van der Waals surface area contributed by atoms with Gasteiger partial charge in [-0.25, -0.2) is 5.43 Å². The molecule has 166 valence electrons. The lowest BCUT2D eigenvalue weighted by Crippen LogP contribution is -2.37. The van der Waals surface area contributed by atoms with E-state index in [1.54, 1.807) is 12.1 Å². The molecule has 2 rings (SSSR count). The zero-order chi connectivity index (χ0) is 23.4. The van der Waals surface area contributed by atoms with Gasteiger partial charge in [-0.3, -0.25) is 9.59 Å². The number of likely N-dealkylation sites (N-methyl/N-ethyl adjacent to an activating group) is 1. The molecular formula is C18H15ClF3N3O5S. The minimum absolute atomic E-state index is 0.127. The molecular weight excluding hydrogens is 463 g/mol. The summed E-state index contributed by atoms with van der Waals surface area (Å²) in [7, 11) is -3.08. The van der Waals surface area contributed by atoms with Crippen LogP contribution in [0.25, 0.3) is 0 Å². The van der Waals surface area contributed by atoms with Crippen LogP contribution in [0.1, 0.15) is 11.1 Å². The van der Waals surface area contributed by atoms with E-state index in [2.05, 4.69) is 14.7 Å². The Labute approximate surface area is 180 Å². The largest absolute Gasteiger partial charge is 0.534 e. The summed E-state index contributed by atoms with van der Waals surface area (Å²) in [5, 5.41) is 4.34. The van der Waals surface area contributed by atoms with Crippen molar-refractivity contribution in [3.05, 3.63) is 64.7 Å². The molecule has 0 fully saturated rings. The highest BCUT2D eigenvalue weighted by molar-refractivity contribution is 7.88. The predicted molar refractivity (Wildman–Crippen MR) is 106 cm³/mol. The SMILES string of the molecule is CN(C)C(=O)C(=O)NN=C(c1ccc(Cl)cc1)c1ccc(OS(=O)(=O)C(F)(F)F)cc1. The molecule has 0 saturated carbocycles. The Hall–Kier alpha value is -3.12. The number of alkyl halides is 3. The van der Waals surface area contributed by atoms with Gasteiger partial charge in [0.25, 0.3) is 0 Å². The molecule has 2 amide bonds. The molecule has 31 heavy (non-hydrogen) atoms. The smallest absolute Gasteiger partial charge is 0.376 e. The molecule has 0 aromatic heterocycles. The fourth-order valence-electron chi connectivity index (χ4n) is 2.10. The van der Waals surface area contributed by atoms with Gasteiger partial charge >= 0.3 is 27.4 Å². The van der Waals surface area contributed by atoms with Crippen LogP contribution in [-0.2, 0) is 19.7 Å². The zero-order valence-electron chi connectivity index (χ0n) is 16.0. The van der Waals surface area contributed by atoms with E-state index >= 15 is 0 Å². The van der Waals surface area contributed by atoms with Crippen LogP contribution in [0, 0.1) is 0 Å². The van der Waals surface area contributed by atoms with Crippen molar-refractivity contribution in [3.8, 4) is 5.75 Å². The first-order valence-corrected chi connectivity index (χ1v) is 10.1. The van der Waals surface area contributed by atoms with Crippen LogP contribution in [0.3, 0.4) is 0 Å². The van der Waals surface area contributed by atoms with Crippen LogP contribution < -0.4 is 9.61 Å². The number of nitrogens with zero attached hydrogens (tertiary/aromatic N) is 2. The van der Waals surface area contributed by atoms with Crippen molar-refractivity contribution in [2.45, 2.75) is 5.51 Å². The number of halogens is 4. The van der Waals surface area contributed by atoms with Crippen LogP contribution in [0.4, 0.5) is 13.2 Å². The molecule has 0 radical (unpaired) electrons. The Morgan fingerprint density at radius 3 is 1.94 bits per heavy atom. The van der Waals surface area contributed by atoms with E-state index in [-0.39, 0.29) is 11.3 Å². The topological polar surface area (TPSA) is 105 Å². The molecule has 0 heterocycles. The van der Waals surface area contributed by atoms with Gasteiger partial charge in [-0.2, -0.15) is 26.7 Å². The Morgan fingerprint density at radius 2 is 1.48 bits per heavy atom. The third-order valence-electron chi connectivity index (χ3n) is 3.60. The number of nitrogens with one attached hydrogen (secondary N) is 1. The van der Waals surface area contributed by atoms with Gasteiger partial charge in [0.1, 0.15) is 5.75 Å². The molecule has 2 aromatic carbocycles. The Balaban J connectivity index is 2.38. The van der Waals surface area contributed by atoms with E-state index in [1.165, 1.54) is 38.4 Å². The van der Waals surface area contributed by atoms with Crippen molar-refractivity contribution >= 4 is 39.2 Å². The highest BCUT2D eigenvalue weighted by Gasteiger charge is 2.48.